The zero-order chi connectivity index (χ0) is 15.6. The van der Waals surface area contributed by atoms with Gasteiger partial charge in [-0.05, 0) is 45.8 Å². The fourth-order valence-corrected chi connectivity index (χ4v) is 2.70. The Labute approximate surface area is 134 Å². The summed E-state index contributed by atoms with van der Waals surface area (Å²) in [6.45, 7) is 0. The zero-order valence-electron chi connectivity index (χ0n) is 11.0. The monoisotopic (exact) mass is 376 g/mol. The highest BCUT2D eigenvalue weighted by Crippen LogP contribution is 2.29. The van der Waals surface area contributed by atoms with E-state index in [2.05, 4.69) is 15.9 Å². The second-order valence-electron chi connectivity index (χ2n) is 4.48. The van der Waals surface area contributed by atoms with Crippen molar-refractivity contribution in [3.05, 3.63) is 62.6 Å². The summed E-state index contributed by atoms with van der Waals surface area (Å²) in [5.74, 6) is -0.846. The van der Waals surface area contributed by atoms with E-state index in [1.165, 1.54) is 0 Å². The highest BCUT2D eigenvalue weighted by atomic mass is 79.9. The van der Waals surface area contributed by atoms with Crippen LogP contribution in [0.25, 0.3) is 0 Å². The molecule has 6 heteroatoms. The van der Waals surface area contributed by atoms with Gasteiger partial charge in [-0.15, -0.1) is 0 Å². The van der Waals surface area contributed by atoms with Crippen LogP contribution in [0.4, 0.5) is 8.78 Å². The number of aliphatic hydroxyl groups excluding tert-OH is 1. The van der Waals surface area contributed by atoms with Crippen LogP contribution in [-0.2, 0) is 6.42 Å². The van der Waals surface area contributed by atoms with Crippen LogP contribution in [0.15, 0.2) is 34.8 Å². The first-order valence-electron chi connectivity index (χ1n) is 6.07. The Kier molecular flexibility index (Phi) is 5.19. The third-order valence-electron chi connectivity index (χ3n) is 3.04. The molecule has 0 radical (unpaired) electrons. The Morgan fingerprint density at radius 3 is 2.57 bits per heavy atom. The molecular formula is C15H12BrClF2O2. The predicted molar refractivity (Wildman–Crippen MR) is 80.7 cm³/mol. The summed E-state index contributed by atoms with van der Waals surface area (Å²) < 4.78 is 33.0. The number of benzene rings is 2. The van der Waals surface area contributed by atoms with Gasteiger partial charge in [-0.3, -0.25) is 0 Å². The largest absolute Gasteiger partial charge is 0.496 e. The van der Waals surface area contributed by atoms with E-state index >= 15 is 0 Å². The summed E-state index contributed by atoms with van der Waals surface area (Å²) in [6, 6.07) is 7.01. The number of rotatable bonds is 4. The average molecular weight is 378 g/mol. The van der Waals surface area contributed by atoms with Crippen molar-refractivity contribution >= 4 is 27.5 Å². The standard InChI is InChI=1S/C15H12BrClF2O2/c1-21-15-3-2-8(4-10(15)16)5-14(20)9-6-13(19)11(17)7-12(9)18/h2-4,6-7,14,20H,5H2,1H3. The Morgan fingerprint density at radius 2 is 1.95 bits per heavy atom. The molecule has 2 aromatic carbocycles. The summed E-state index contributed by atoms with van der Waals surface area (Å²) in [4.78, 5) is 0. The van der Waals surface area contributed by atoms with Crippen LogP contribution in [0.3, 0.4) is 0 Å². The lowest BCUT2D eigenvalue weighted by atomic mass is 10.0. The average Bonchev–Trinajstić information content (AvgIpc) is 2.43. The minimum Gasteiger partial charge on any atom is -0.496 e. The lowest BCUT2D eigenvalue weighted by molar-refractivity contribution is 0.173. The molecule has 2 aromatic rings. The van der Waals surface area contributed by atoms with Crippen molar-refractivity contribution in [1.82, 2.24) is 0 Å². The van der Waals surface area contributed by atoms with Crippen molar-refractivity contribution in [2.75, 3.05) is 7.11 Å². The van der Waals surface area contributed by atoms with E-state index in [-0.39, 0.29) is 17.0 Å². The molecule has 0 fully saturated rings. The molecule has 2 nitrogen and oxygen atoms in total. The third kappa shape index (κ3) is 3.73. The molecule has 21 heavy (non-hydrogen) atoms. The van der Waals surface area contributed by atoms with Crippen molar-refractivity contribution in [2.24, 2.45) is 0 Å². The molecule has 0 spiro atoms. The fourth-order valence-electron chi connectivity index (χ4n) is 1.96. The van der Waals surface area contributed by atoms with Gasteiger partial charge in [0.05, 0.1) is 22.7 Å². The molecule has 0 aliphatic heterocycles. The molecule has 1 atom stereocenters. The first kappa shape index (κ1) is 16.2. The molecule has 1 N–H and O–H groups in total. The van der Waals surface area contributed by atoms with Crippen LogP contribution in [0.2, 0.25) is 5.02 Å². The Hall–Kier alpha value is -1.17. The normalized spacial score (nSPS) is 12.3. The van der Waals surface area contributed by atoms with Gasteiger partial charge in [-0.25, -0.2) is 8.78 Å². The van der Waals surface area contributed by atoms with Gasteiger partial charge in [0.1, 0.15) is 17.4 Å². The molecular weight excluding hydrogens is 366 g/mol. The van der Waals surface area contributed by atoms with Gasteiger partial charge in [0.25, 0.3) is 0 Å². The molecule has 0 heterocycles. The summed E-state index contributed by atoms with van der Waals surface area (Å²) in [6.07, 6.45) is -1.03. The van der Waals surface area contributed by atoms with Gasteiger partial charge in [0.15, 0.2) is 0 Å². The van der Waals surface area contributed by atoms with E-state index in [1.807, 2.05) is 0 Å². The molecule has 0 amide bonds. The SMILES string of the molecule is COc1ccc(CC(O)c2cc(F)c(Cl)cc2F)cc1Br. The third-order valence-corrected chi connectivity index (χ3v) is 3.95. The molecule has 2 rings (SSSR count). The summed E-state index contributed by atoms with van der Waals surface area (Å²) in [5, 5.41) is 9.78. The Bertz CT molecular complexity index is 664. The molecule has 0 aromatic heterocycles. The van der Waals surface area contributed by atoms with E-state index in [1.54, 1.807) is 25.3 Å². The van der Waals surface area contributed by atoms with Gasteiger partial charge >= 0.3 is 0 Å². The summed E-state index contributed by atoms with van der Waals surface area (Å²) in [7, 11) is 1.54. The van der Waals surface area contributed by atoms with Crippen molar-refractivity contribution in [3.63, 3.8) is 0 Å². The first-order chi connectivity index (χ1) is 9.92. The zero-order valence-corrected chi connectivity index (χ0v) is 13.4. The van der Waals surface area contributed by atoms with Crippen LogP contribution in [0, 0.1) is 11.6 Å². The van der Waals surface area contributed by atoms with Gasteiger partial charge in [-0.2, -0.15) is 0 Å². The molecule has 0 saturated carbocycles. The second-order valence-corrected chi connectivity index (χ2v) is 5.74. The van der Waals surface area contributed by atoms with Crippen molar-refractivity contribution in [1.29, 1.82) is 0 Å². The van der Waals surface area contributed by atoms with Gasteiger partial charge in [0.2, 0.25) is 0 Å². The maximum absolute atomic E-state index is 13.7. The maximum atomic E-state index is 13.7. The minimum absolute atomic E-state index is 0.121. The van der Waals surface area contributed by atoms with Crippen molar-refractivity contribution < 1.29 is 18.6 Å². The molecule has 0 saturated heterocycles. The lowest BCUT2D eigenvalue weighted by Crippen LogP contribution is -2.05. The topological polar surface area (TPSA) is 29.5 Å². The fraction of sp³-hybridized carbons (Fsp3) is 0.200. The Morgan fingerprint density at radius 1 is 1.24 bits per heavy atom. The molecule has 1 unspecified atom stereocenters. The van der Waals surface area contributed by atoms with E-state index in [0.717, 1.165) is 22.2 Å². The number of hydrogen-bond acceptors (Lipinski definition) is 2. The van der Waals surface area contributed by atoms with Crippen molar-refractivity contribution in [2.45, 2.75) is 12.5 Å². The van der Waals surface area contributed by atoms with Crippen LogP contribution in [-0.4, -0.2) is 12.2 Å². The minimum atomic E-state index is -1.17. The molecule has 0 aliphatic carbocycles. The summed E-state index contributed by atoms with van der Waals surface area (Å²) >= 11 is 8.82. The quantitative estimate of drug-likeness (QED) is 0.785. The van der Waals surface area contributed by atoms with Crippen LogP contribution >= 0.6 is 27.5 Å². The number of ether oxygens (including phenoxy) is 1. The Balaban J connectivity index is 2.23. The van der Waals surface area contributed by atoms with E-state index in [4.69, 9.17) is 16.3 Å². The number of hydrogen-bond donors (Lipinski definition) is 1. The highest BCUT2D eigenvalue weighted by molar-refractivity contribution is 9.10. The van der Waals surface area contributed by atoms with Gasteiger partial charge in [0, 0.05) is 12.0 Å². The second kappa shape index (κ2) is 6.73. The highest BCUT2D eigenvalue weighted by Gasteiger charge is 2.17. The smallest absolute Gasteiger partial charge is 0.142 e. The van der Waals surface area contributed by atoms with Crippen LogP contribution in [0.1, 0.15) is 17.2 Å². The molecule has 0 aliphatic rings. The predicted octanol–water partition coefficient (Wildman–Crippen LogP) is 4.67. The molecule has 112 valence electrons. The van der Waals surface area contributed by atoms with Crippen LogP contribution < -0.4 is 4.74 Å². The first-order valence-corrected chi connectivity index (χ1v) is 7.24. The molecule has 0 bridgehead atoms. The maximum Gasteiger partial charge on any atom is 0.142 e. The van der Waals surface area contributed by atoms with E-state index in [0.29, 0.717) is 5.75 Å². The van der Waals surface area contributed by atoms with Gasteiger partial charge < -0.3 is 9.84 Å². The number of methoxy groups -OCH3 is 1. The van der Waals surface area contributed by atoms with Gasteiger partial charge in [-0.1, -0.05) is 17.7 Å². The van der Waals surface area contributed by atoms with Crippen LogP contribution in [0.5, 0.6) is 5.75 Å². The van der Waals surface area contributed by atoms with Crippen molar-refractivity contribution in [3.8, 4) is 5.75 Å². The number of halogens is 4. The number of aliphatic hydroxyl groups is 1. The van der Waals surface area contributed by atoms with E-state index < -0.39 is 17.7 Å². The summed E-state index contributed by atoms with van der Waals surface area (Å²) in [5.41, 5.74) is 0.633. The lowest BCUT2D eigenvalue weighted by Gasteiger charge is -2.14. The van der Waals surface area contributed by atoms with E-state index in [9.17, 15) is 13.9 Å².